The Kier molecular flexibility index (Phi) is 6.09. The van der Waals surface area contributed by atoms with Gasteiger partial charge in [0.25, 0.3) is 5.91 Å². The van der Waals surface area contributed by atoms with E-state index in [9.17, 15) is 4.79 Å². The third-order valence-corrected chi connectivity index (χ3v) is 3.63. The Bertz CT molecular complexity index is 765. The average molecular weight is 343 g/mol. The number of hydrogen-bond acceptors (Lipinski definition) is 4. The summed E-state index contributed by atoms with van der Waals surface area (Å²) in [4.78, 5) is 12.0. The monoisotopic (exact) mass is 342 g/mol. The minimum Gasteiger partial charge on any atom is -0.277 e. The van der Waals surface area contributed by atoms with Gasteiger partial charge in [-0.3, -0.25) is 10.2 Å². The quantitative estimate of drug-likeness (QED) is 0.635. The van der Waals surface area contributed by atoms with Crippen LogP contribution in [0, 0.1) is 13.8 Å². The number of amides is 1. The maximum atomic E-state index is 12.0. The molecule has 0 aliphatic carbocycles. The second-order valence-electron chi connectivity index (χ2n) is 5.38. The van der Waals surface area contributed by atoms with Gasteiger partial charge in [-0.15, -0.1) is 0 Å². The summed E-state index contributed by atoms with van der Waals surface area (Å²) >= 11 is 6.07. The van der Waals surface area contributed by atoms with Crippen molar-refractivity contribution >= 4 is 34.1 Å². The molecule has 0 aromatic heterocycles. The molecule has 0 atom stereocenters. The van der Waals surface area contributed by atoms with Crippen LogP contribution in [0.15, 0.2) is 58.7 Å². The number of carbonyl (C=O) groups is 1. The number of benzene rings is 2. The number of nitrogens with one attached hydrogen (secondary N) is 2. The molecule has 0 fully saturated rings. The Labute approximate surface area is 146 Å². The Hall–Kier alpha value is -2.66. The summed E-state index contributed by atoms with van der Waals surface area (Å²) in [7, 11) is 0. The summed E-state index contributed by atoms with van der Waals surface area (Å²) < 4.78 is 0. The predicted molar refractivity (Wildman–Crippen MR) is 99.8 cm³/mol. The van der Waals surface area contributed by atoms with Gasteiger partial charge in [0.2, 0.25) is 0 Å². The number of rotatable bonds is 5. The van der Waals surface area contributed by atoms with E-state index in [-0.39, 0.29) is 11.1 Å². The highest BCUT2D eigenvalue weighted by molar-refractivity contribution is 6.83. The predicted octanol–water partition coefficient (Wildman–Crippen LogP) is 4.07. The molecule has 0 saturated carbocycles. The molecule has 2 aromatic carbocycles. The second-order valence-corrected chi connectivity index (χ2v) is 5.74. The molecule has 0 radical (unpaired) electrons. The Morgan fingerprint density at radius 2 is 1.46 bits per heavy atom. The molecule has 24 heavy (non-hydrogen) atoms. The largest absolute Gasteiger partial charge is 0.277 e. The van der Waals surface area contributed by atoms with Gasteiger partial charge in [0, 0.05) is 5.56 Å². The van der Waals surface area contributed by atoms with Crippen LogP contribution in [0.5, 0.6) is 0 Å². The summed E-state index contributed by atoms with van der Waals surface area (Å²) in [5.41, 5.74) is 9.29. The lowest BCUT2D eigenvalue weighted by atomic mass is 10.1. The van der Waals surface area contributed by atoms with Gasteiger partial charge >= 0.3 is 0 Å². The van der Waals surface area contributed by atoms with Crippen molar-refractivity contribution in [1.82, 2.24) is 5.43 Å². The third kappa shape index (κ3) is 5.21. The minimum atomic E-state index is -0.301. The van der Waals surface area contributed by atoms with E-state index in [1.54, 1.807) is 19.1 Å². The van der Waals surface area contributed by atoms with Crippen molar-refractivity contribution in [3.8, 4) is 0 Å². The van der Waals surface area contributed by atoms with Crippen molar-refractivity contribution in [1.29, 1.82) is 0 Å². The number of aryl methyl sites for hydroxylation is 2. The minimum absolute atomic E-state index is 0.166. The Morgan fingerprint density at radius 1 is 0.917 bits per heavy atom. The first-order valence-corrected chi connectivity index (χ1v) is 7.81. The van der Waals surface area contributed by atoms with E-state index in [0.717, 1.165) is 16.8 Å². The zero-order chi connectivity index (χ0) is 17.5. The summed E-state index contributed by atoms with van der Waals surface area (Å²) in [5, 5.41) is 8.17. The molecular weight excluding hydrogens is 324 g/mol. The molecule has 2 rings (SSSR count). The average Bonchev–Trinajstić information content (AvgIpc) is 2.59. The van der Waals surface area contributed by atoms with Gasteiger partial charge in [0.05, 0.1) is 11.4 Å². The maximum absolute atomic E-state index is 12.0. The van der Waals surface area contributed by atoms with Crippen molar-refractivity contribution in [3.05, 3.63) is 65.2 Å². The van der Waals surface area contributed by atoms with Gasteiger partial charge in [-0.05, 0) is 45.0 Å². The Morgan fingerprint density at radius 3 is 2.04 bits per heavy atom. The van der Waals surface area contributed by atoms with Crippen molar-refractivity contribution in [2.75, 3.05) is 5.43 Å². The van der Waals surface area contributed by atoms with Crippen LogP contribution in [0.1, 0.15) is 28.4 Å². The standard InChI is InChI=1S/C18H19ClN4O/c1-12-4-8-15(9-5-12)18(24)23-20-14(3)17(19)22-21-16-10-6-13(2)7-11-16/h4-11,21H,1-3H3,(H,23,24)/b20-14+,22-17-. The molecule has 6 heteroatoms. The van der Waals surface area contributed by atoms with Gasteiger partial charge in [-0.1, -0.05) is 47.0 Å². The first kappa shape index (κ1) is 17.7. The van der Waals surface area contributed by atoms with E-state index < -0.39 is 0 Å². The lowest BCUT2D eigenvalue weighted by molar-refractivity contribution is 0.0955. The fraction of sp³-hybridized carbons (Fsp3) is 0.167. The molecule has 0 aliphatic heterocycles. The molecular formula is C18H19ClN4O. The first-order chi connectivity index (χ1) is 11.5. The third-order valence-electron chi connectivity index (χ3n) is 3.27. The van der Waals surface area contributed by atoms with Crippen LogP contribution in [0.25, 0.3) is 0 Å². The smallest absolute Gasteiger partial charge is 0.271 e. The number of halogens is 1. The van der Waals surface area contributed by atoms with E-state index >= 15 is 0 Å². The molecule has 0 spiro atoms. The van der Waals surface area contributed by atoms with E-state index in [1.165, 1.54) is 0 Å². The number of hydrazone groups is 2. The summed E-state index contributed by atoms with van der Waals surface area (Å²) in [6.07, 6.45) is 0. The van der Waals surface area contributed by atoms with Crippen LogP contribution in [-0.4, -0.2) is 16.8 Å². The highest BCUT2D eigenvalue weighted by atomic mass is 35.5. The Balaban J connectivity index is 1.96. The van der Waals surface area contributed by atoms with E-state index in [2.05, 4.69) is 21.1 Å². The van der Waals surface area contributed by atoms with E-state index in [0.29, 0.717) is 11.3 Å². The van der Waals surface area contributed by atoms with Crippen LogP contribution in [0.3, 0.4) is 0 Å². The van der Waals surface area contributed by atoms with Crippen LogP contribution in [0.2, 0.25) is 0 Å². The van der Waals surface area contributed by atoms with Gasteiger partial charge in [-0.2, -0.15) is 10.2 Å². The maximum Gasteiger partial charge on any atom is 0.271 e. The van der Waals surface area contributed by atoms with Crippen LogP contribution in [-0.2, 0) is 0 Å². The molecule has 0 aliphatic rings. The van der Waals surface area contributed by atoms with Gasteiger partial charge in [-0.25, -0.2) is 5.43 Å². The number of carbonyl (C=O) groups excluding carboxylic acids is 1. The van der Waals surface area contributed by atoms with Gasteiger partial charge < -0.3 is 0 Å². The first-order valence-electron chi connectivity index (χ1n) is 7.43. The van der Waals surface area contributed by atoms with Gasteiger partial charge in [0.1, 0.15) is 0 Å². The SMILES string of the molecule is CC(=N\NC(=O)c1ccc(C)cc1)/C(Cl)=N/Nc1ccc(C)cc1. The molecule has 2 N–H and O–H groups in total. The molecule has 0 bridgehead atoms. The summed E-state index contributed by atoms with van der Waals surface area (Å²) in [6.45, 7) is 5.63. The topological polar surface area (TPSA) is 65.8 Å². The fourth-order valence-electron chi connectivity index (χ4n) is 1.77. The molecule has 0 heterocycles. The lowest BCUT2D eigenvalue weighted by Gasteiger charge is -2.04. The number of hydrogen-bond donors (Lipinski definition) is 2. The van der Waals surface area contributed by atoms with Crippen molar-refractivity contribution in [3.63, 3.8) is 0 Å². The van der Waals surface area contributed by atoms with Crippen LogP contribution >= 0.6 is 11.6 Å². The van der Waals surface area contributed by atoms with Crippen molar-refractivity contribution in [2.24, 2.45) is 10.2 Å². The summed E-state index contributed by atoms with van der Waals surface area (Å²) in [6, 6.07) is 14.9. The molecule has 2 aromatic rings. The van der Waals surface area contributed by atoms with Crippen molar-refractivity contribution in [2.45, 2.75) is 20.8 Å². The van der Waals surface area contributed by atoms with Crippen molar-refractivity contribution < 1.29 is 4.79 Å². The molecule has 1 amide bonds. The van der Waals surface area contributed by atoms with E-state index in [1.807, 2.05) is 50.2 Å². The van der Waals surface area contributed by atoms with Crippen LogP contribution < -0.4 is 10.9 Å². The molecule has 0 saturated heterocycles. The lowest BCUT2D eigenvalue weighted by Crippen LogP contribution is -2.20. The van der Waals surface area contributed by atoms with Crippen LogP contribution in [0.4, 0.5) is 5.69 Å². The zero-order valence-corrected chi connectivity index (χ0v) is 14.6. The number of anilines is 1. The highest BCUT2D eigenvalue weighted by Gasteiger charge is 2.05. The molecule has 5 nitrogen and oxygen atoms in total. The van der Waals surface area contributed by atoms with Gasteiger partial charge in [0.15, 0.2) is 5.17 Å². The highest BCUT2D eigenvalue weighted by Crippen LogP contribution is 2.09. The summed E-state index contributed by atoms with van der Waals surface area (Å²) in [5.74, 6) is -0.301. The normalized spacial score (nSPS) is 12.0. The second kappa shape index (κ2) is 8.26. The number of nitrogens with zero attached hydrogens (tertiary/aromatic N) is 2. The fourth-order valence-corrected chi connectivity index (χ4v) is 1.86. The van der Waals surface area contributed by atoms with E-state index in [4.69, 9.17) is 11.6 Å². The molecule has 0 unspecified atom stereocenters. The zero-order valence-electron chi connectivity index (χ0n) is 13.8. The molecule has 124 valence electrons.